The van der Waals surface area contributed by atoms with Crippen molar-refractivity contribution in [1.29, 1.82) is 5.26 Å². The predicted octanol–water partition coefficient (Wildman–Crippen LogP) is 3.27. The van der Waals surface area contributed by atoms with Gasteiger partial charge in [-0.1, -0.05) is 12.1 Å². The van der Waals surface area contributed by atoms with E-state index in [0.717, 1.165) is 9.75 Å². The number of nitrogens with zero attached hydrogens (tertiary/aromatic N) is 2. The van der Waals surface area contributed by atoms with Crippen LogP contribution in [0.1, 0.15) is 16.2 Å². The van der Waals surface area contributed by atoms with Crippen molar-refractivity contribution in [3.63, 3.8) is 0 Å². The zero-order valence-electron chi connectivity index (χ0n) is 13.1. The van der Waals surface area contributed by atoms with E-state index >= 15 is 0 Å². The fourth-order valence-electron chi connectivity index (χ4n) is 1.84. The number of hydrogen-bond acceptors (Lipinski definition) is 6. The number of esters is 1. The molecule has 0 bridgehead atoms. The molecule has 0 saturated heterocycles. The minimum atomic E-state index is -0.534. The van der Waals surface area contributed by atoms with Crippen LogP contribution in [0.2, 0.25) is 0 Å². The minimum Gasteiger partial charge on any atom is -0.452 e. The molecule has 5 nitrogen and oxygen atoms in total. The first-order chi connectivity index (χ1) is 11.6. The number of rotatable bonds is 7. The molecule has 0 aromatic carbocycles. The van der Waals surface area contributed by atoms with E-state index in [1.807, 2.05) is 41.1 Å². The molecular formula is C17H16N2O3S2. The van der Waals surface area contributed by atoms with Crippen molar-refractivity contribution < 1.29 is 14.3 Å². The van der Waals surface area contributed by atoms with E-state index in [0.29, 0.717) is 12.1 Å². The highest BCUT2D eigenvalue weighted by molar-refractivity contribution is 7.12. The second-order valence-corrected chi connectivity index (χ2v) is 6.78. The SMILES string of the molecule is CN(CCC#N)C(=O)COC(=O)/C(=C/c1cccs1)c1cccs1. The lowest BCUT2D eigenvalue weighted by molar-refractivity contribution is -0.146. The molecule has 0 spiro atoms. The second kappa shape index (κ2) is 9.01. The molecule has 0 aliphatic heterocycles. The van der Waals surface area contributed by atoms with E-state index in [9.17, 15) is 9.59 Å². The molecule has 2 aromatic heterocycles. The number of nitriles is 1. The van der Waals surface area contributed by atoms with Crippen LogP contribution in [0.4, 0.5) is 0 Å². The minimum absolute atomic E-state index is 0.245. The van der Waals surface area contributed by atoms with E-state index in [1.165, 1.54) is 27.6 Å². The Kier molecular flexibility index (Phi) is 6.73. The Bertz CT molecular complexity index is 743. The van der Waals surface area contributed by atoms with Crippen LogP contribution in [-0.2, 0) is 14.3 Å². The van der Waals surface area contributed by atoms with Crippen LogP contribution in [-0.4, -0.2) is 37.0 Å². The van der Waals surface area contributed by atoms with E-state index < -0.39 is 5.97 Å². The van der Waals surface area contributed by atoms with E-state index in [1.54, 1.807) is 13.1 Å². The summed E-state index contributed by atoms with van der Waals surface area (Å²) in [6.07, 6.45) is 2.01. The Labute approximate surface area is 148 Å². The van der Waals surface area contributed by atoms with Gasteiger partial charge >= 0.3 is 5.97 Å². The number of ether oxygens (including phenoxy) is 1. The first-order valence-corrected chi connectivity index (χ1v) is 8.95. The molecule has 0 N–H and O–H groups in total. The van der Waals surface area contributed by atoms with Gasteiger partial charge in [-0.3, -0.25) is 4.79 Å². The average Bonchev–Trinajstić information content (AvgIpc) is 3.28. The molecule has 0 atom stereocenters. The van der Waals surface area contributed by atoms with Crippen molar-refractivity contribution in [1.82, 2.24) is 4.90 Å². The molecule has 0 aliphatic rings. The third-order valence-corrected chi connectivity index (χ3v) is 4.87. The van der Waals surface area contributed by atoms with Crippen molar-refractivity contribution >= 4 is 46.2 Å². The predicted molar refractivity (Wildman–Crippen MR) is 95.3 cm³/mol. The van der Waals surface area contributed by atoms with Gasteiger partial charge in [-0.05, 0) is 29.0 Å². The largest absolute Gasteiger partial charge is 0.452 e. The second-order valence-electron chi connectivity index (χ2n) is 4.85. The van der Waals surface area contributed by atoms with Crippen molar-refractivity contribution in [2.45, 2.75) is 6.42 Å². The standard InChI is InChI=1S/C17H16N2O3S2/c1-19(8-4-7-18)16(20)12-22-17(21)14(15-6-3-10-24-15)11-13-5-2-9-23-13/h2-3,5-6,9-11H,4,8,12H2,1H3/b14-11+. The van der Waals surface area contributed by atoms with Crippen LogP contribution in [0, 0.1) is 11.3 Å². The van der Waals surface area contributed by atoms with Crippen LogP contribution in [0.15, 0.2) is 35.0 Å². The first-order valence-electron chi connectivity index (χ1n) is 7.19. The van der Waals surface area contributed by atoms with Crippen molar-refractivity contribution in [3.8, 4) is 6.07 Å². The van der Waals surface area contributed by atoms with Gasteiger partial charge in [0, 0.05) is 23.3 Å². The normalized spacial score (nSPS) is 10.9. The third-order valence-electron chi connectivity index (χ3n) is 3.15. The lowest BCUT2D eigenvalue weighted by Gasteiger charge is -2.15. The molecule has 2 rings (SSSR count). The number of hydrogen-bond donors (Lipinski definition) is 0. The maximum absolute atomic E-state index is 12.4. The lowest BCUT2D eigenvalue weighted by Crippen LogP contribution is -2.32. The highest BCUT2D eigenvalue weighted by Crippen LogP contribution is 2.25. The molecule has 0 radical (unpaired) electrons. The molecule has 7 heteroatoms. The Morgan fingerprint density at radius 3 is 2.67 bits per heavy atom. The van der Waals surface area contributed by atoms with E-state index in [2.05, 4.69) is 0 Å². The molecular weight excluding hydrogens is 344 g/mol. The quantitative estimate of drug-likeness (QED) is 0.561. The van der Waals surface area contributed by atoms with E-state index in [4.69, 9.17) is 10.00 Å². The fraction of sp³-hybridized carbons (Fsp3) is 0.235. The summed E-state index contributed by atoms with van der Waals surface area (Å²) < 4.78 is 5.17. The van der Waals surface area contributed by atoms with Crippen LogP contribution < -0.4 is 0 Å². The Hall–Kier alpha value is -2.43. The number of carbonyl (C=O) groups excluding carboxylic acids is 2. The van der Waals surface area contributed by atoms with Gasteiger partial charge in [0.15, 0.2) is 6.61 Å². The van der Waals surface area contributed by atoms with E-state index in [-0.39, 0.29) is 18.9 Å². The maximum Gasteiger partial charge on any atom is 0.340 e. The molecule has 0 saturated carbocycles. The topological polar surface area (TPSA) is 70.4 Å². The molecule has 124 valence electrons. The smallest absolute Gasteiger partial charge is 0.340 e. The molecule has 2 aromatic rings. The highest BCUT2D eigenvalue weighted by atomic mass is 32.1. The molecule has 2 heterocycles. The summed E-state index contributed by atoms with van der Waals surface area (Å²) in [5, 5.41) is 12.3. The van der Waals surface area contributed by atoms with Crippen molar-refractivity contribution in [3.05, 3.63) is 44.8 Å². The van der Waals surface area contributed by atoms with Gasteiger partial charge in [0.2, 0.25) is 0 Å². The van der Waals surface area contributed by atoms with Gasteiger partial charge in [0.1, 0.15) is 0 Å². The number of likely N-dealkylation sites (N-methyl/N-ethyl adjacent to an activating group) is 1. The van der Waals surface area contributed by atoms with Gasteiger partial charge in [-0.15, -0.1) is 22.7 Å². The number of carbonyl (C=O) groups is 2. The Balaban J connectivity index is 2.04. The zero-order chi connectivity index (χ0) is 17.4. The summed E-state index contributed by atoms with van der Waals surface area (Å²) in [5.74, 6) is -0.867. The number of amides is 1. The summed E-state index contributed by atoms with van der Waals surface area (Å²) in [6, 6.07) is 9.48. The summed E-state index contributed by atoms with van der Waals surface area (Å²) in [5.41, 5.74) is 0.430. The molecule has 0 aliphatic carbocycles. The van der Waals surface area contributed by atoms with Gasteiger partial charge < -0.3 is 9.64 Å². The average molecular weight is 360 g/mol. The molecule has 0 fully saturated rings. The van der Waals surface area contributed by atoms with Gasteiger partial charge in [0.05, 0.1) is 18.1 Å². The van der Waals surface area contributed by atoms with Crippen LogP contribution in [0.3, 0.4) is 0 Å². The molecule has 1 amide bonds. The highest BCUT2D eigenvalue weighted by Gasteiger charge is 2.18. The summed E-state index contributed by atoms with van der Waals surface area (Å²) in [6.45, 7) is -0.0242. The summed E-state index contributed by atoms with van der Waals surface area (Å²) in [7, 11) is 1.58. The third kappa shape index (κ3) is 5.05. The van der Waals surface area contributed by atoms with Crippen LogP contribution in [0.25, 0.3) is 11.6 Å². The van der Waals surface area contributed by atoms with Crippen LogP contribution in [0.5, 0.6) is 0 Å². The zero-order valence-corrected chi connectivity index (χ0v) is 14.7. The van der Waals surface area contributed by atoms with Crippen molar-refractivity contribution in [2.24, 2.45) is 0 Å². The van der Waals surface area contributed by atoms with Gasteiger partial charge in [-0.25, -0.2) is 4.79 Å². The number of thiophene rings is 2. The first kappa shape index (κ1) is 17.9. The summed E-state index contributed by atoms with van der Waals surface area (Å²) >= 11 is 2.96. The van der Waals surface area contributed by atoms with Gasteiger partial charge in [-0.2, -0.15) is 5.26 Å². The summed E-state index contributed by atoms with van der Waals surface area (Å²) in [4.78, 5) is 27.4. The van der Waals surface area contributed by atoms with Crippen molar-refractivity contribution in [2.75, 3.05) is 20.2 Å². The van der Waals surface area contributed by atoms with Gasteiger partial charge in [0.25, 0.3) is 5.91 Å². The monoisotopic (exact) mass is 360 g/mol. The maximum atomic E-state index is 12.4. The molecule has 0 unspecified atom stereocenters. The fourth-order valence-corrected chi connectivity index (χ4v) is 3.22. The molecule has 24 heavy (non-hydrogen) atoms. The van der Waals surface area contributed by atoms with Crippen LogP contribution >= 0.6 is 22.7 Å². The Morgan fingerprint density at radius 1 is 1.29 bits per heavy atom. The lowest BCUT2D eigenvalue weighted by atomic mass is 10.2. The Morgan fingerprint density at radius 2 is 2.04 bits per heavy atom.